The first-order chi connectivity index (χ1) is 18.1. The molecule has 1 N–H and O–H groups in total. The maximum Gasteiger partial charge on any atom is 0.282 e. The van der Waals surface area contributed by atoms with Crippen LogP contribution in [0, 0.1) is 5.82 Å². The SMILES string of the molecule is CC(C)c1nc2ccc(Br)cc2c(=O)n1N=Cc1ccc(N(C)C)cc1OCC(=O)Nc1ccc(F)cc1. The van der Waals surface area contributed by atoms with Gasteiger partial charge in [-0.2, -0.15) is 9.78 Å². The largest absolute Gasteiger partial charge is 0.483 e. The van der Waals surface area contributed by atoms with Crippen molar-refractivity contribution in [2.45, 2.75) is 19.8 Å². The van der Waals surface area contributed by atoms with Crippen molar-refractivity contribution in [3.05, 3.63) is 92.7 Å². The lowest BCUT2D eigenvalue weighted by atomic mass is 10.1. The fourth-order valence-electron chi connectivity index (χ4n) is 3.68. The van der Waals surface area contributed by atoms with Gasteiger partial charge < -0.3 is 15.0 Å². The second kappa shape index (κ2) is 11.6. The van der Waals surface area contributed by atoms with E-state index in [1.807, 2.05) is 45.0 Å². The van der Waals surface area contributed by atoms with Crippen LogP contribution in [0.2, 0.25) is 0 Å². The molecular formula is C28H27BrFN5O3. The first kappa shape index (κ1) is 27.0. The number of carbonyl (C=O) groups excluding carboxylic acids is 1. The molecule has 1 aromatic heterocycles. The zero-order chi connectivity index (χ0) is 27.4. The maximum atomic E-state index is 13.3. The van der Waals surface area contributed by atoms with E-state index < -0.39 is 11.7 Å². The fourth-order valence-corrected chi connectivity index (χ4v) is 4.04. The topological polar surface area (TPSA) is 88.8 Å². The van der Waals surface area contributed by atoms with Crippen LogP contribution in [0.1, 0.15) is 31.2 Å². The highest BCUT2D eigenvalue weighted by molar-refractivity contribution is 9.10. The van der Waals surface area contributed by atoms with Crippen molar-refractivity contribution in [3.8, 4) is 5.75 Å². The summed E-state index contributed by atoms with van der Waals surface area (Å²) in [5.41, 5.74) is 2.19. The fraction of sp³-hybridized carbons (Fsp3) is 0.214. The van der Waals surface area contributed by atoms with Gasteiger partial charge in [0.25, 0.3) is 11.5 Å². The first-order valence-electron chi connectivity index (χ1n) is 11.9. The number of carbonyl (C=O) groups is 1. The van der Waals surface area contributed by atoms with Gasteiger partial charge in [-0.25, -0.2) is 9.37 Å². The standard InChI is InChI=1S/C28H27BrFN5O3/c1-17(2)27-33-24-12-6-19(29)13-23(24)28(37)35(27)31-15-18-5-11-22(34(3)4)14-25(18)38-16-26(36)32-21-9-7-20(30)8-10-21/h5-15,17H,16H2,1-4H3,(H,32,36). The third-order valence-corrected chi connectivity index (χ3v) is 6.16. The van der Waals surface area contributed by atoms with E-state index in [0.29, 0.717) is 33.7 Å². The first-order valence-corrected chi connectivity index (χ1v) is 12.7. The van der Waals surface area contributed by atoms with E-state index in [0.717, 1.165) is 10.2 Å². The molecule has 0 aliphatic rings. The zero-order valence-electron chi connectivity index (χ0n) is 21.4. The number of amides is 1. The zero-order valence-corrected chi connectivity index (χ0v) is 23.0. The van der Waals surface area contributed by atoms with Crippen molar-refractivity contribution in [1.29, 1.82) is 0 Å². The van der Waals surface area contributed by atoms with E-state index in [2.05, 4.69) is 31.3 Å². The Kier molecular flexibility index (Phi) is 8.21. The summed E-state index contributed by atoms with van der Waals surface area (Å²) < 4.78 is 21.1. The second-order valence-electron chi connectivity index (χ2n) is 9.11. The minimum absolute atomic E-state index is 0.0603. The molecule has 0 aliphatic heterocycles. The number of aromatic nitrogens is 2. The molecule has 0 spiro atoms. The predicted molar refractivity (Wildman–Crippen MR) is 152 cm³/mol. The number of nitrogens with zero attached hydrogens (tertiary/aromatic N) is 4. The lowest BCUT2D eigenvalue weighted by Crippen LogP contribution is -2.23. The molecule has 0 aliphatic carbocycles. The minimum atomic E-state index is -0.405. The number of anilines is 2. The molecule has 8 nitrogen and oxygen atoms in total. The van der Waals surface area contributed by atoms with Gasteiger partial charge in [0.2, 0.25) is 0 Å². The third-order valence-electron chi connectivity index (χ3n) is 5.66. The molecule has 3 aromatic carbocycles. The monoisotopic (exact) mass is 579 g/mol. The van der Waals surface area contributed by atoms with Crippen LogP contribution in [0.25, 0.3) is 10.9 Å². The van der Waals surface area contributed by atoms with Crippen LogP contribution < -0.4 is 20.5 Å². The number of halogens is 2. The molecule has 0 bridgehead atoms. The van der Waals surface area contributed by atoms with E-state index >= 15 is 0 Å². The number of ether oxygens (including phenoxy) is 1. The number of hydrogen-bond acceptors (Lipinski definition) is 6. The number of hydrogen-bond donors (Lipinski definition) is 1. The molecule has 1 heterocycles. The summed E-state index contributed by atoms with van der Waals surface area (Å²) in [5, 5.41) is 7.60. The Bertz CT molecular complexity index is 1570. The smallest absolute Gasteiger partial charge is 0.282 e. The molecular weight excluding hydrogens is 553 g/mol. The Morgan fingerprint density at radius 2 is 1.89 bits per heavy atom. The Morgan fingerprint density at radius 1 is 1.16 bits per heavy atom. The van der Waals surface area contributed by atoms with Crippen LogP contribution in [0.15, 0.2) is 75.0 Å². The molecule has 4 rings (SSSR count). The van der Waals surface area contributed by atoms with Crippen molar-refractivity contribution in [2.24, 2.45) is 5.10 Å². The second-order valence-corrected chi connectivity index (χ2v) is 10.0. The van der Waals surface area contributed by atoms with Gasteiger partial charge in [0.1, 0.15) is 17.4 Å². The Balaban J connectivity index is 1.65. The summed E-state index contributed by atoms with van der Waals surface area (Å²) in [5.74, 6) is 0.0712. The highest BCUT2D eigenvalue weighted by atomic mass is 79.9. The summed E-state index contributed by atoms with van der Waals surface area (Å²) in [6, 6.07) is 16.3. The number of fused-ring (bicyclic) bond motifs is 1. The molecule has 196 valence electrons. The van der Waals surface area contributed by atoms with Crippen molar-refractivity contribution in [3.63, 3.8) is 0 Å². The van der Waals surface area contributed by atoms with E-state index in [-0.39, 0.29) is 18.1 Å². The van der Waals surface area contributed by atoms with Crippen LogP contribution in [0.4, 0.5) is 15.8 Å². The molecule has 0 saturated heterocycles. The van der Waals surface area contributed by atoms with Gasteiger partial charge in [0.15, 0.2) is 6.61 Å². The lowest BCUT2D eigenvalue weighted by molar-refractivity contribution is -0.118. The molecule has 0 fully saturated rings. The summed E-state index contributed by atoms with van der Waals surface area (Å²) >= 11 is 3.41. The van der Waals surface area contributed by atoms with Gasteiger partial charge >= 0.3 is 0 Å². The van der Waals surface area contributed by atoms with Crippen molar-refractivity contribution < 1.29 is 13.9 Å². The summed E-state index contributed by atoms with van der Waals surface area (Å²) in [4.78, 5) is 32.4. The quantitative estimate of drug-likeness (QED) is 0.283. The maximum absolute atomic E-state index is 13.3. The van der Waals surface area contributed by atoms with Gasteiger partial charge in [0.05, 0.1) is 17.1 Å². The van der Waals surface area contributed by atoms with Gasteiger partial charge in [-0.15, -0.1) is 0 Å². The Hall–Kier alpha value is -4.05. The van der Waals surface area contributed by atoms with Crippen LogP contribution in [-0.4, -0.2) is 42.5 Å². The summed E-state index contributed by atoms with van der Waals surface area (Å²) in [6.45, 7) is 3.61. The third kappa shape index (κ3) is 6.25. The van der Waals surface area contributed by atoms with Crippen LogP contribution in [0.3, 0.4) is 0 Å². The van der Waals surface area contributed by atoms with E-state index in [1.54, 1.807) is 24.3 Å². The van der Waals surface area contributed by atoms with Gasteiger partial charge in [-0.05, 0) is 54.6 Å². The van der Waals surface area contributed by atoms with Crippen LogP contribution in [-0.2, 0) is 4.79 Å². The van der Waals surface area contributed by atoms with E-state index in [1.165, 1.54) is 35.2 Å². The van der Waals surface area contributed by atoms with E-state index in [9.17, 15) is 14.0 Å². The molecule has 1 amide bonds. The molecule has 4 aromatic rings. The minimum Gasteiger partial charge on any atom is -0.483 e. The highest BCUT2D eigenvalue weighted by Crippen LogP contribution is 2.25. The summed E-state index contributed by atoms with van der Waals surface area (Å²) in [7, 11) is 3.78. The van der Waals surface area contributed by atoms with Gasteiger partial charge in [-0.1, -0.05) is 29.8 Å². The molecule has 0 unspecified atom stereocenters. The predicted octanol–water partition coefficient (Wildman–Crippen LogP) is 5.39. The average Bonchev–Trinajstić information content (AvgIpc) is 2.88. The van der Waals surface area contributed by atoms with Crippen molar-refractivity contribution in [1.82, 2.24) is 9.66 Å². The Labute approximate surface area is 227 Å². The normalized spacial score (nSPS) is 11.3. The average molecular weight is 580 g/mol. The number of rotatable bonds is 8. The molecule has 0 atom stereocenters. The number of nitrogens with one attached hydrogen (secondary N) is 1. The van der Waals surface area contributed by atoms with Crippen LogP contribution in [0.5, 0.6) is 5.75 Å². The molecule has 38 heavy (non-hydrogen) atoms. The lowest BCUT2D eigenvalue weighted by Gasteiger charge is -2.16. The molecule has 10 heteroatoms. The Morgan fingerprint density at radius 3 is 2.58 bits per heavy atom. The van der Waals surface area contributed by atoms with Crippen LogP contribution >= 0.6 is 15.9 Å². The van der Waals surface area contributed by atoms with Crippen molar-refractivity contribution in [2.75, 3.05) is 30.9 Å². The molecule has 0 radical (unpaired) electrons. The van der Waals surface area contributed by atoms with Crippen molar-refractivity contribution >= 4 is 50.3 Å². The van der Waals surface area contributed by atoms with E-state index in [4.69, 9.17) is 4.74 Å². The molecule has 0 saturated carbocycles. The number of benzene rings is 3. The summed E-state index contributed by atoms with van der Waals surface area (Å²) in [6.07, 6.45) is 1.52. The van der Waals surface area contributed by atoms with Gasteiger partial charge in [0, 0.05) is 47.5 Å². The van der Waals surface area contributed by atoms with Gasteiger partial charge in [-0.3, -0.25) is 9.59 Å². The highest BCUT2D eigenvalue weighted by Gasteiger charge is 2.15.